The average molecular weight is 288 g/mol. The molecule has 0 spiro atoms. The van der Waals surface area contributed by atoms with Crippen LogP contribution in [0.2, 0.25) is 0 Å². The summed E-state index contributed by atoms with van der Waals surface area (Å²) in [4.78, 5) is 12.9. The third-order valence-electron chi connectivity index (χ3n) is 2.70. The Morgan fingerprint density at radius 1 is 1.20 bits per heavy atom. The van der Waals surface area contributed by atoms with E-state index >= 15 is 0 Å². The summed E-state index contributed by atoms with van der Waals surface area (Å²) in [5.74, 6) is 0.661. The molecule has 0 unspecified atom stereocenters. The molecule has 0 amide bonds. The first-order valence-electron chi connectivity index (χ1n) is 6.76. The molecule has 2 heterocycles. The van der Waals surface area contributed by atoms with Crippen LogP contribution in [0.5, 0.6) is 0 Å². The summed E-state index contributed by atoms with van der Waals surface area (Å²) < 4.78 is 0. The van der Waals surface area contributed by atoms with Gasteiger partial charge in [0.2, 0.25) is 0 Å². The van der Waals surface area contributed by atoms with Crippen molar-refractivity contribution in [3.05, 3.63) is 41.9 Å². The molecule has 2 rings (SSSR count). The Bertz CT molecular complexity index is 543. The molecule has 0 saturated carbocycles. The van der Waals surface area contributed by atoms with Crippen molar-refractivity contribution in [2.75, 3.05) is 6.54 Å². The van der Waals surface area contributed by atoms with Crippen LogP contribution in [0.25, 0.3) is 0 Å². The lowest BCUT2D eigenvalue weighted by molar-refractivity contribution is 0.551. The summed E-state index contributed by atoms with van der Waals surface area (Å²) in [6.45, 7) is 8.36. The lowest BCUT2D eigenvalue weighted by Gasteiger charge is -2.09. The van der Waals surface area contributed by atoms with Gasteiger partial charge >= 0.3 is 0 Å². The molecule has 106 valence electrons. The largest absolute Gasteiger partial charge is 0.312 e. The predicted octanol–water partition coefficient (Wildman–Crippen LogP) is 3.08. The van der Waals surface area contributed by atoms with Crippen LogP contribution in [0.3, 0.4) is 0 Å². The molecular weight excluding hydrogens is 268 g/mol. The van der Waals surface area contributed by atoms with Crippen molar-refractivity contribution < 1.29 is 0 Å². The minimum absolute atomic E-state index is 0.661. The first-order chi connectivity index (χ1) is 9.65. The van der Waals surface area contributed by atoms with E-state index in [1.165, 1.54) is 17.3 Å². The fourth-order valence-corrected chi connectivity index (χ4v) is 2.48. The smallest absolute Gasteiger partial charge is 0.193 e. The van der Waals surface area contributed by atoms with Crippen LogP contribution in [-0.2, 0) is 6.54 Å². The van der Waals surface area contributed by atoms with Crippen molar-refractivity contribution >= 4 is 11.8 Å². The van der Waals surface area contributed by atoms with Crippen LogP contribution in [0.15, 0.2) is 40.9 Å². The van der Waals surface area contributed by atoms with Crippen LogP contribution < -0.4 is 5.32 Å². The average Bonchev–Trinajstić information content (AvgIpc) is 2.42. The zero-order chi connectivity index (χ0) is 14.4. The van der Waals surface area contributed by atoms with E-state index in [1.54, 1.807) is 12.4 Å². The summed E-state index contributed by atoms with van der Waals surface area (Å²) >= 11 is 1.50. The van der Waals surface area contributed by atoms with Crippen molar-refractivity contribution in [1.82, 2.24) is 20.3 Å². The van der Waals surface area contributed by atoms with Gasteiger partial charge in [0.05, 0.1) is 0 Å². The molecular formula is C15H20N4S. The molecule has 20 heavy (non-hydrogen) atoms. The molecule has 5 heteroatoms. The molecule has 0 aliphatic carbocycles. The third-order valence-corrected chi connectivity index (χ3v) is 3.71. The standard InChI is InChI=1S/C15H20N4S/c1-11(2)8-16-9-13-7-12(3)14(19-10-13)20-15-17-5-4-6-18-15/h4-7,10-11,16H,8-9H2,1-3H3. The first kappa shape index (κ1) is 14.9. The molecule has 0 bridgehead atoms. The molecule has 0 aromatic carbocycles. The minimum Gasteiger partial charge on any atom is -0.312 e. The Hall–Kier alpha value is -1.46. The van der Waals surface area contributed by atoms with Gasteiger partial charge in [-0.1, -0.05) is 19.9 Å². The van der Waals surface area contributed by atoms with Gasteiger partial charge in [0, 0.05) is 25.1 Å². The zero-order valence-electron chi connectivity index (χ0n) is 12.1. The van der Waals surface area contributed by atoms with Crippen LogP contribution in [0, 0.1) is 12.8 Å². The molecule has 0 atom stereocenters. The third kappa shape index (κ3) is 4.58. The second kappa shape index (κ2) is 7.36. The summed E-state index contributed by atoms with van der Waals surface area (Å²) in [5.41, 5.74) is 2.37. The highest BCUT2D eigenvalue weighted by molar-refractivity contribution is 7.99. The van der Waals surface area contributed by atoms with Crippen molar-refractivity contribution in [3.8, 4) is 0 Å². The minimum atomic E-state index is 0.661. The van der Waals surface area contributed by atoms with Crippen molar-refractivity contribution in [1.29, 1.82) is 0 Å². The Kier molecular flexibility index (Phi) is 5.49. The Morgan fingerprint density at radius 3 is 2.60 bits per heavy atom. The van der Waals surface area contributed by atoms with Gasteiger partial charge in [-0.25, -0.2) is 15.0 Å². The molecule has 2 aromatic heterocycles. The second-order valence-corrected chi connectivity index (χ2v) is 6.08. The predicted molar refractivity (Wildman–Crippen MR) is 81.7 cm³/mol. The number of hydrogen-bond acceptors (Lipinski definition) is 5. The van der Waals surface area contributed by atoms with Gasteiger partial charge < -0.3 is 5.32 Å². The summed E-state index contributed by atoms with van der Waals surface area (Å²) in [5, 5.41) is 5.12. The monoisotopic (exact) mass is 288 g/mol. The van der Waals surface area contributed by atoms with E-state index in [1.807, 2.05) is 12.3 Å². The number of nitrogens with zero attached hydrogens (tertiary/aromatic N) is 3. The molecule has 4 nitrogen and oxygen atoms in total. The van der Waals surface area contributed by atoms with E-state index < -0.39 is 0 Å². The molecule has 0 radical (unpaired) electrons. The fourth-order valence-electron chi connectivity index (χ4n) is 1.75. The van der Waals surface area contributed by atoms with Crippen LogP contribution in [-0.4, -0.2) is 21.5 Å². The molecule has 0 aliphatic rings. The highest BCUT2D eigenvalue weighted by Gasteiger charge is 2.06. The van der Waals surface area contributed by atoms with Gasteiger partial charge in [0.25, 0.3) is 0 Å². The van der Waals surface area contributed by atoms with Crippen molar-refractivity contribution in [2.45, 2.75) is 37.5 Å². The maximum Gasteiger partial charge on any atom is 0.193 e. The number of hydrogen-bond donors (Lipinski definition) is 1. The fraction of sp³-hybridized carbons (Fsp3) is 0.400. The molecule has 1 N–H and O–H groups in total. The van der Waals surface area contributed by atoms with Gasteiger partial charge in [0.15, 0.2) is 5.16 Å². The molecule has 0 saturated heterocycles. The van der Waals surface area contributed by atoms with E-state index in [0.29, 0.717) is 5.92 Å². The topological polar surface area (TPSA) is 50.7 Å². The van der Waals surface area contributed by atoms with E-state index in [-0.39, 0.29) is 0 Å². The Labute approximate surface area is 124 Å². The number of rotatable bonds is 6. The van der Waals surface area contributed by atoms with Crippen molar-refractivity contribution in [2.24, 2.45) is 5.92 Å². The van der Waals surface area contributed by atoms with Gasteiger partial charge in [-0.15, -0.1) is 0 Å². The highest BCUT2D eigenvalue weighted by atomic mass is 32.2. The van der Waals surface area contributed by atoms with Crippen molar-refractivity contribution in [3.63, 3.8) is 0 Å². The molecule has 0 fully saturated rings. The zero-order valence-corrected chi connectivity index (χ0v) is 12.9. The van der Waals surface area contributed by atoms with Gasteiger partial charge in [-0.2, -0.15) is 0 Å². The number of nitrogens with one attached hydrogen (secondary N) is 1. The lowest BCUT2D eigenvalue weighted by atomic mass is 10.2. The molecule has 0 aliphatic heterocycles. The first-order valence-corrected chi connectivity index (χ1v) is 7.58. The van der Waals surface area contributed by atoms with Crippen LogP contribution in [0.1, 0.15) is 25.0 Å². The maximum atomic E-state index is 4.51. The Balaban J connectivity index is 1.99. The highest BCUT2D eigenvalue weighted by Crippen LogP contribution is 2.25. The van der Waals surface area contributed by atoms with E-state index in [0.717, 1.165) is 28.8 Å². The summed E-state index contributed by atoms with van der Waals surface area (Å²) in [6.07, 6.45) is 5.41. The van der Waals surface area contributed by atoms with Gasteiger partial charge in [0.1, 0.15) is 5.03 Å². The number of aromatic nitrogens is 3. The van der Waals surface area contributed by atoms with Gasteiger partial charge in [-0.3, -0.25) is 0 Å². The van der Waals surface area contributed by atoms with E-state index in [4.69, 9.17) is 0 Å². The lowest BCUT2D eigenvalue weighted by Crippen LogP contribution is -2.19. The van der Waals surface area contributed by atoms with E-state index in [2.05, 4.69) is 47.1 Å². The Morgan fingerprint density at radius 2 is 1.95 bits per heavy atom. The SMILES string of the molecule is Cc1cc(CNCC(C)C)cnc1Sc1ncccn1. The second-order valence-electron chi connectivity index (χ2n) is 5.12. The van der Waals surface area contributed by atoms with Crippen LogP contribution >= 0.6 is 11.8 Å². The number of pyridine rings is 1. The summed E-state index contributed by atoms with van der Waals surface area (Å²) in [6, 6.07) is 3.99. The molecule has 2 aromatic rings. The van der Waals surface area contributed by atoms with E-state index in [9.17, 15) is 0 Å². The van der Waals surface area contributed by atoms with Crippen LogP contribution in [0.4, 0.5) is 0 Å². The normalized spacial score (nSPS) is 11.0. The summed E-state index contributed by atoms with van der Waals surface area (Å²) in [7, 11) is 0. The number of aryl methyl sites for hydroxylation is 1. The quantitative estimate of drug-likeness (QED) is 0.828. The maximum absolute atomic E-state index is 4.51. The van der Waals surface area contributed by atoms with Gasteiger partial charge in [-0.05, 0) is 48.3 Å².